The number of rotatable bonds is 5. The lowest BCUT2D eigenvalue weighted by Gasteiger charge is -2.36. The summed E-state index contributed by atoms with van der Waals surface area (Å²) in [6, 6.07) is 3.36. The first kappa shape index (κ1) is 20.6. The fourth-order valence-corrected chi connectivity index (χ4v) is 4.39. The number of nitrogens with zero attached hydrogens (tertiary/aromatic N) is 4. The largest absolute Gasteiger partial charge is 0.481 e. The van der Waals surface area contributed by atoms with Crippen LogP contribution in [-0.2, 0) is 4.74 Å². The normalized spacial score (nSPS) is 20.7. The summed E-state index contributed by atoms with van der Waals surface area (Å²) in [5.41, 5.74) is 0.275. The van der Waals surface area contributed by atoms with Gasteiger partial charge >= 0.3 is 0 Å². The highest BCUT2D eigenvalue weighted by atomic mass is 16.5. The van der Waals surface area contributed by atoms with E-state index in [2.05, 4.69) is 15.2 Å². The average Bonchev–Trinajstić information content (AvgIpc) is 3.39. The Hall–Kier alpha value is -2.68. The van der Waals surface area contributed by atoms with E-state index >= 15 is 0 Å². The lowest BCUT2D eigenvalue weighted by atomic mass is 9.72. The molecule has 2 aliphatic heterocycles. The maximum absolute atomic E-state index is 13.4. The van der Waals surface area contributed by atoms with Crippen LogP contribution < -0.4 is 9.47 Å². The summed E-state index contributed by atoms with van der Waals surface area (Å²) in [7, 11) is 3.02. The molecule has 30 heavy (non-hydrogen) atoms. The number of methoxy groups -OCH3 is 2. The molecule has 2 saturated heterocycles. The summed E-state index contributed by atoms with van der Waals surface area (Å²) in [5, 5.41) is 8.56. The minimum absolute atomic E-state index is 0.0254. The summed E-state index contributed by atoms with van der Waals surface area (Å²) in [5.74, 6) is 1.89. The van der Waals surface area contributed by atoms with Crippen molar-refractivity contribution in [2.75, 3.05) is 40.5 Å². The first-order valence-corrected chi connectivity index (χ1v) is 10.3. The zero-order valence-corrected chi connectivity index (χ0v) is 17.9. The molecule has 1 unspecified atom stereocenters. The molecule has 9 nitrogen and oxygen atoms in total. The van der Waals surface area contributed by atoms with Gasteiger partial charge in [0.1, 0.15) is 5.56 Å². The van der Waals surface area contributed by atoms with E-state index in [1.54, 1.807) is 12.1 Å². The number of carbonyl (C=O) groups is 1. The molecule has 2 aliphatic rings. The lowest BCUT2D eigenvalue weighted by molar-refractivity contribution is 0.00885. The molecule has 0 N–H and O–H groups in total. The van der Waals surface area contributed by atoms with Crippen LogP contribution in [-0.4, -0.2) is 66.5 Å². The predicted molar refractivity (Wildman–Crippen MR) is 107 cm³/mol. The molecule has 162 valence electrons. The van der Waals surface area contributed by atoms with Gasteiger partial charge in [0.15, 0.2) is 0 Å². The third-order valence-corrected chi connectivity index (χ3v) is 6.14. The topological polar surface area (TPSA) is 99.8 Å². The van der Waals surface area contributed by atoms with Crippen LogP contribution >= 0.6 is 0 Å². The molecule has 2 aromatic heterocycles. The molecule has 4 rings (SSSR count). The van der Waals surface area contributed by atoms with E-state index in [-0.39, 0.29) is 29.0 Å². The molecular weight excluding hydrogens is 388 g/mol. The van der Waals surface area contributed by atoms with Crippen LogP contribution in [0.1, 0.15) is 60.7 Å². The van der Waals surface area contributed by atoms with Crippen molar-refractivity contribution < 1.29 is 23.4 Å². The first-order valence-electron chi connectivity index (χ1n) is 10.3. The minimum atomic E-state index is -0.137. The van der Waals surface area contributed by atoms with Gasteiger partial charge in [0, 0.05) is 43.7 Å². The SMILES string of the molecule is COc1ccc(C(=O)N2CC(c3nnc(C(C)C)o3)C3(CCOCC3)C2)c(OC)n1. The number of likely N-dealkylation sites (tertiary alicyclic amines) is 1. The van der Waals surface area contributed by atoms with Crippen LogP contribution in [0.2, 0.25) is 0 Å². The molecule has 0 aromatic carbocycles. The maximum atomic E-state index is 13.4. The van der Waals surface area contributed by atoms with Gasteiger partial charge in [-0.2, -0.15) is 4.98 Å². The van der Waals surface area contributed by atoms with Crippen molar-refractivity contribution in [3.05, 3.63) is 29.5 Å². The van der Waals surface area contributed by atoms with E-state index in [9.17, 15) is 4.79 Å². The number of amides is 1. The highest BCUT2D eigenvalue weighted by Gasteiger charge is 2.52. The first-order chi connectivity index (χ1) is 14.5. The number of hydrogen-bond donors (Lipinski definition) is 0. The van der Waals surface area contributed by atoms with Gasteiger partial charge in [0.25, 0.3) is 5.91 Å². The zero-order chi connectivity index (χ0) is 21.3. The molecule has 0 bridgehead atoms. The molecule has 4 heterocycles. The molecule has 9 heteroatoms. The Balaban J connectivity index is 1.64. The Bertz CT molecular complexity index is 907. The Morgan fingerprint density at radius 2 is 1.97 bits per heavy atom. The Labute approximate surface area is 175 Å². The Morgan fingerprint density at radius 3 is 2.60 bits per heavy atom. The van der Waals surface area contributed by atoms with Gasteiger partial charge in [-0.25, -0.2) is 0 Å². The minimum Gasteiger partial charge on any atom is -0.481 e. The van der Waals surface area contributed by atoms with Gasteiger partial charge in [-0.15, -0.1) is 10.2 Å². The van der Waals surface area contributed by atoms with Crippen LogP contribution in [0.15, 0.2) is 16.5 Å². The van der Waals surface area contributed by atoms with E-state index in [0.29, 0.717) is 49.5 Å². The Kier molecular flexibility index (Phi) is 5.64. The number of ether oxygens (including phenoxy) is 3. The van der Waals surface area contributed by atoms with Crippen LogP contribution in [0.5, 0.6) is 11.8 Å². The second kappa shape index (κ2) is 8.22. The van der Waals surface area contributed by atoms with Gasteiger partial charge in [0.05, 0.1) is 20.1 Å². The van der Waals surface area contributed by atoms with Crippen molar-refractivity contribution >= 4 is 5.91 Å². The van der Waals surface area contributed by atoms with E-state index in [4.69, 9.17) is 18.6 Å². The number of hydrogen-bond acceptors (Lipinski definition) is 8. The van der Waals surface area contributed by atoms with Crippen molar-refractivity contribution in [1.82, 2.24) is 20.1 Å². The summed E-state index contributed by atoms with van der Waals surface area (Å²) >= 11 is 0. The number of carbonyl (C=O) groups excluding carboxylic acids is 1. The van der Waals surface area contributed by atoms with Crippen molar-refractivity contribution in [2.45, 2.75) is 38.5 Å². The lowest BCUT2D eigenvalue weighted by Crippen LogP contribution is -2.37. The highest BCUT2D eigenvalue weighted by molar-refractivity contribution is 5.96. The van der Waals surface area contributed by atoms with Crippen LogP contribution in [0.3, 0.4) is 0 Å². The third kappa shape index (κ3) is 3.62. The van der Waals surface area contributed by atoms with Gasteiger partial charge < -0.3 is 23.5 Å². The molecule has 2 aromatic rings. The number of aromatic nitrogens is 3. The summed E-state index contributed by atoms with van der Waals surface area (Å²) < 4.78 is 22.1. The van der Waals surface area contributed by atoms with Crippen LogP contribution in [0, 0.1) is 5.41 Å². The quantitative estimate of drug-likeness (QED) is 0.733. The smallest absolute Gasteiger partial charge is 0.259 e. The van der Waals surface area contributed by atoms with E-state index in [0.717, 1.165) is 12.8 Å². The molecule has 2 fully saturated rings. The molecule has 1 amide bonds. The third-order valence-electron chi connectivity index (χ3n) is 6.14. The maximum Gasteiger partial charge on any atom is 0.259 e. The fraction of sp³-hybridized carbons (Fsp3) is 0.619. The van der Waals surface area contributed by atoms with Gasteiger partial charge in [-0.3, -0.25) is 4.79 Å². The summed E-state index contributed by atoms with van der Waals surface area (Å²) in [4.78, 5) is 19.5. The number of pyridine rings is 1. The fourth-order valence-electron chi connectivity index (χ4n) is 4.39. The predicted octanol–water partition coefficient (Wildman–Crippen LogP) is 2.64. The molecular formula is C21H28N4O5. The second-order valence-corrected chi connectivity index (χ2v) is 8.26. The highest BCUT2D eigenvalue weighted by Crippen LogP contribution is 2.49. The Morgan fingerprint density at radius 1 is 1.20 bits per heavy atom. The van der Waals surface area contributed by atoms with Crippen molar-refractivity contribution in [1.29, 1.82) is 0 Å². The van der Waals surface area contributed by atoms with Crippen LogP contribution in [0.4, 0.5) is 0 Å². The van der Waals surface area contributed by atoms with Gasteiger partial charge in [0.2, 0.25) is 23.5 Å². The van der Waals surface area contributed by atoms with E-state index < -0.39 is 0 Å². The zero-order valence-electron chi connectivity index (χ0n) is 17.9. The second-order valence-electron chi connectivity index (χ2n) is 8.26. The molecule has 1 spiro atoms. The van der Waals surface area contributed by atoms with Crippen molar-refractivity contribution in [2.24, 2.45) is 5.41 Å². The molecule has 0 radical (unpaired) electrons. The van der Waals surface area contributed by atoms with Crippen LogP contribution in [0.25, 0.3) is 0 Å². The van der Waals surface area contributed by atoms with Crippen molar-refractivity contribution in [3.63, 3.8) is 0 Å². The van der Waals surface area contributed by atoms with E-state index in [1.165, 1.54) is 14.2 Å². The summed E-state index contributed by atoms with van der Waals surface area (Å²) in [6.45, 7) is 6.49. The molecule has 0 aliphatic carbocycles. The average molecular weight is 416 g/mol. The monoisotopic (exact) mass is 416 g/mol. The molecule has 1 atom stereocenters. The van der Waals surface area contributed by atoms with Gasteiger partial charge in [-0.1, -0.05) is 13.8 Å². The van der Waals surface area contributed by atoms with Gasteiger partial charge in [-0.05, 0) is 18.9 Å². The molecule has 0 saturated carbocycles. The van der Waals surface area contributed by atoms with Crippen molar-refractivity contribution in [3.8, 4) is 11.8 Å². The summed E-state index contributed by atoms with van der Waals surface area (Å²) in [6.07, 6.45) is 1.69. The van der Waals surface area contributed by atoms with E-state index in [1.807, 2.05) is 18.7 Å². The standard InChI is InChI=1S/C21H28N4O5/c1-13(2)17-23-24-19(30-17)15-11-25(12-21(15)7-9-29-10-8-21)20(26)14-5-6-16(27-3)22-18(14)28-4/h5-6,13,15H,7-12H2,1-4H3.